The number of fused-ring (bicyclic) bond motifs is 1. The number of nitrogens with zero attached hydrogens (tertiary/aromatic N) is 2. The van der Waals surface area contributed by atoms with Gasteiger partial charge in [0.15, 0.2) is 0 Å². The first kappa shape index (κ1) is 17.9. The number of likely N-dealkylation sites (tertiary alicyclic amines) is 1. The van der Waals surface area contributed by atoms with E-state index in [1.165, 1.54) is 5.39 Å². The van der Waals surface area contributed by atoms with Crippen molar-refractivity contribution in [2.45, 2.75) is 6.92 Å². The molecule has 1 aromatic carbocycles. The number of morpholine rings is 1. The largest absolute Gasteiger partial charge is 0.396 e. The molecule has 4 rings (SSSR count). The maximum Gasteiger partial charge on any atom is 0.264 e. The van der Waals surface area contributed by atoms with Crippen LogP contribution in [0.4, 0.5) is 0 Å². The van der Waals surface area contributed by atoms with E-state index in [4.69, 9.17) is 4.74 Å². The van der Waals surface area contributed by atoms with E-state index in [2.05, 4.69) is 17.0 Å². The molecule has 1 aromatic heterocycles. The van der Waals surface area contributed by atoms with E-state index in [0.29, 0.717) is 12.5 Å². The minimum absolute atomic E-state index is 0.117. The van der Waals surface area contributed by atoms with Crippen LogP contribution in [0.2, 0.25) is 0 Å². The number of carbonyl (C=O) groups excluding carboxylic acids is 1. The lowest BCUT2D eigenvalue weighted by Gasteiger charge is -2.30. The summed E-state index contributed by atoms with van der Waals surface area (Å²) in [6.45, 7) is 7.94. The van der Waals surface area contributed by atoms with Crippen molar-refractivity contribution >= 4 is 27.3 Å². The van der Waals surface area contributed by atoms with Crippen LogP contribution in [0.25, 0.3) is 10.1 Å². The molecule has 0 spiro atoms. The molecule has 140 valence electrons. The SMILES string of the molecule is Cc1c(C(=O)N2C[C@@H](CN3CCOCC3)[C@@H](CO)C2)sc2ccccc12. The first-order valence-electron chi connectivity index (χ1n) is 9.35. The zero-order valence-corrected chi connectivity index (χ0v) is 16.0. The summed E-state index contributed by atoms with van der Waals surface area (Å²) in [6, 6.07) is 8.19. The number of ether oxygens (including phenoxy) is 1. The molecule has 26 heavy (non-hydrogen) atoms. The summed E-state index contributed by atoms with van der Waals surface area (Å²) in [7, 11) is 0. The Morgan fingerprint density at radius 3 is 2.69 bits per heavy atom. The second-order valence-electron chi connectivity index (χ2n) is 7.38. The molecule has 5 nitrogen and oxygen atoms in total. The maximum absolute atomic E-state index is 13.2. The molecule has 2 aliphatic rings. The predicted octanol–water partition coefficient (Wildman–Crippen LogP) is 2.22. The molecule has 0 unspecified atom stereocenters. The van der Waals surface area contributed by atoms with Crippen LogP contribution >= 0.6 is 11.3 Å². The molecule has 1 N–H and O–H groups in total. The average Bonchev–Trinajstić information content (AvgIpc) is 3.23. The van der Waals surface area contributed by atoms with Crippen molar-refractivity contribution in [2.24, 2.45) is 11.8 Å². The molecule has 2 fully saturated rings. The van der Waals surface area contributed by atoms with Crippen molar-refractivity contribution < 1.29 is 14.6 Å². The zero-order chi connectivity index (χ0) is 18.1. The third kappa shape index (κ3) is 3.39. The van der Waals surface area contributed by atoms with E-state index in [0.717, 1.165) is 54.5 Å². The fourth-order valence-corrected chi connectivity index (χ4v) is 5.33. The van der Waals surface area contributed by atoms with Crippen LogP contribution in [0.3, 0.4) is 0 Å². The number of hydrogen-bond donors (Lipinski definition) is 1. The minimum Gasteiger partial charge on any atom is -0.396 e. The number of amides is 1. The third-order valence-electron chi connectivity index (χ3n) is 5.73. The first-order chi connectivity index (χ1) is 12.7. The predicted molar refractivity (Wildman–Crippen MR) is 104 cm³/mol. The van der Waals surface area contributed by atoms with Crippen LogP contribution in [0.1, 0.15) is 15.2 Å². The third-order valence-corrected chi connectivity index (χ3v) is 6.99. The Morgan fingerprint density at radius 1 is 1.23 bits per heavy atom. The number of thiophene rings is 1. The molecule has 2 aliphatic heterocycles. The highest BCUT2D eigenvalue weighted by Crippen LogP contribution is 2.33. The molecule has 0 saturated carbocycles. The van der Waals surface area contributed by atoms with Crippen LogP contribution < -0.4 is 0 Å². The number of aliphatic hydroxyl groups excluding tert-OH is 1. The first-order valence-corrected chi connectivity index (χ1v) is 10.2. The lowest BCUT2D eigenvalue weighted by atomic mass is 9.96. The van der Waals surface area contributed by atoms with Gasteiger partial charge in [0.1, 0.15) is 0 Å². The van der Waals surface area contributed by atoms with Crippen molar-refractivity contribution in [1.82, 2.24) is 9.80 Å². The van der Waals surface area contributed by atoms with Gasteiger partial charge in [-0.3, -0.25) is 9.69 Å². The van der Waals surface area contributed by atoms with Crippen LogP contribution in [0.5, 0.6) is 0 Å². The van der Waals surface area contributed by atoms with Crippen molar-refractivity contribution in [3.05, 3.63) is 34.7 Å². The topological polar surface area (TPSA) is 53.0 Å². The molecule has 0 radical (unpaired) electrons. The van der Waals surface area contributed by atoms with Crippen molar-refractivity contribution in [2.75, 3.05) is 52.5 Å². The molecular weight excluding hydrogens is 348 g/mol. The summed E-state index contributed by atoms with van der Waals surface area (Å²) in [4.78, 5) is 18.3. The number of aliphatic hydroxyl groups is 1. The van der Waals surface area contributed by atoms with Crippen molar-refractivity contribution in [3.8, 4) is 0 Å². The Bertz CT molecular complexity index is 784. The van der Waals surface area contributed by atoms with Gasteiger partial charge in [0, 0.05) is 49.9 Å². The zero-order valence-electron chi connectivity index (χ0n) is 15.2. The highest BCUT2D eigenvalue weighted by Gasteiger charge is 2.37. The standard InChI is InChI=1S/C20H26N2O3S/c1-14-17-4-2-3-5-18(17)26-19(14)20(24)22-11-15(16(12-22)13-23)10-21-6-8-25-9-7-21/h2-5,15-16,23H,6-13H2,1H3/t15-,16-/m1/s1. The fraction of sp³-hybridized carbons (Fsp3) is 0.550. The van der Waals surface area contributed by atoms with Gasteiger partial charge in [-0.25, -0.2) is 0 Å². The Labute approximate surface area is 158 Å². The summed E-state index contributed by atoms with van der Waals surface area (Å²) in [5.74, 6) is 0.611. The molecule has 0 aliphatic carbocycles. The number of aryl methyl sites for hydroxylation is 1. The van der Waals surface area contributed by atoms with Gasteiger partial charge < -0.3 is 14.7 Å². The fourth-order valence-electron chi connectivity index (χ4n) is 4.16. The summed E-state index contributed by atoms with van der Waals surface area (Å²) in [5.41, 5.74) is 1.08. The molecule has 6 heteroatoms. The van der Waals surface area contributed by atoms with Gasteiger partial charge >= 0.3 is 0 Å². The Balaban J connectivity index is 1.50. The van der Waals surface area contributed by atoms with E-state index in [9.17, 15) is 9.90 Å². The van der Waals surface area contributed by atoms with Crippen molar-refractivity contribution in [3.63, 3.8) is 0 Å². The van der Waals surface area contributed by atoms with Gasteiger partial charge in [-0.2, -0.15) is 0 Å². The van der Waals surface area contributed by atoms with E-state index in [1.54, 1.807) is 11.3 Å². The smallest absolute Gasteiger partial charge is 0.264 e. The molecule has 0 bridgehead atoms. The number of carbonyl (C=O) groups is 1. The highest BCUT2D eigenvalue weighted by molar-refractivity contribution is 7.21. The highest BCUT2D eigenvalue weighted by atomic mass is 32.1. The molecule has 1 amide bonds. The van der Waals surface area contributed by atoms with Gasteiger partial charge in [-0.05, 0) is 29.9 Å². The van der Waals surface area contributed by atoms with E-state index in [-0.39, 0.29) is 18.4 Å². The van der Waals surface area contributed by atoms with Crippen LogP contribution in [0, 0.1) is 18.8 Å². The molecule has 2 saturated heterocycles. The minimum atomic E-state index is 0.117. The lowest BCUT2D eigenvalue weighted by Crippen LogP contribution is -2.41. The van der Waals surface area contributed by atoms with Gasteiger partial charge in [0.2, 0.25) is 0 Å². The van der Waals surface area contributed by atoms with Crippen molar-refractivity contribution in [1.29, 1.82) is 0 Å². The van der Waals surface area contributed by atoms with Gasteiger partial charge in [0.05, 0.1) is 18.1 Å². The van der Waals surface area contributed by atoms with Gasteiger partial charge in [-0.1, -0.05) is 18.2 Å². The summed E-state index contributed by atoms with van der Waals surface area (Å²) in [6.07, 6.45) is 0. The summed E-state index contributed by atoms with van der Waals surface area (Å²) >= 11 is 1.58. The monoisotopic (exact) mass is 374 g/mol. The Morgan fingerprint density at radius 2 is 1.96 bits per heavy atom. The van der Waals surface area contributed by atoms with Crippen LogP contribution in [-0.4, -0.2) is 73.4 Å². The molecule has 2 aromatic rings. The second kappa shape index (κ2) is 7.64. The van der Waals surface area contributed by atoms with E-state index < -0.39 is 0 Å². The molecular formula is C20H26N2O3S. The van der Waals surface area contributed by atoms with E-state index >= 15 is 0 Å². The summed E-state index contributed by atoms with van der Waals surface area (Å²) < 4.78 is 6.59. The second-order valence-corrected chi connectivity index (χ2v) is 8.43. The summed E-state index contributed by atoms with van der Waals surface area (Å²) in [5, 5.41) is 11.0. The normalized spacial score (nSPS) is 24.5. The Hall–Kier alpha value is -1.47. The van der Waals surface area contributed by atoms with E-state index in [1.807, 2.05) is 24.0 Å². The van der Waals surface area contributed by atoms with Gasteiger partial charge in [0.25, 0.3) is 5.91 Å². The number of rotatable bonds is 4. The lowest BCUT2D eigenvalue weighted by molar-refractivity contribution is 0.0264. The van der Waals surface area contributed by atoms with Crippen LogP contribution in [0.15, 0.2) is 24.3 Å². The van der Waals surface area contributed by atoms with Crippen LogP contribution in [-0.2, 0) is 4.74 Å². The quantitative estimate of drug-likeness (QED) is 0.892. The number of benzene rings is 1. The number of hydrogen-bond acceptors (Lipinski definition) is 5. The molecule has 2 atom stereocenters. The maximum atomic E-state index is 13.2. The Kier molecular flexibility index (Phi) is 5.27. The average molecular weight is 375 g/mol. The van der Waals surface area contributed by atoms with Gasteiger partial charge in [-0.15, -0.1) is 11.3 Å². The molecule has 3 heterocycles.